The Labute approximate surface area is 103 Å². The molecule has 1 heterocycles. The van der Waals surface area contributed by atoms with E-state index in [2.05, 4.69) is 17.6 Å². The van der Waals surface area contributed by atoms with Crippen molar-refractivity contribution in [3.05, 3.63) is 0 Å². The second-order valence-electron chi connectivity index (χ2n) is 4.49. The average Bonchev–Trinajstić information content (AvgIpc) is 2.85. The van der Waals surface area contributed by atoms with Crippen molar-refractivity contribution >= 4 is 5.91 Å². The summed E-state index contributed by atoms with van der Waals surface area (Å²) in [6, 6.07) is 0.335. The number of carbonyl (C=O) groups is 1. The molecule has 0 aromatic carbocycles. The van der Waals surface area contributed by atoms with Crippen LogP contribution in [0.25, 0.3) is 0 Å². The first-order valence-electron chi connectivity index (χ1n) is 6.30. The highest BCUT2D eigenvalue weighted by Crippen LogP contribution is 2.15. The Morgan fingerprint density at radius 3 is 3.06 bits per heavy atom. The van der Waals surface area contributed by atoms with Crippen LogP contribution in [0.4, 0.5) is 0 Å². The third-order valence-electron chi connectivity index (χ3n) is 3.10. The fraction of sp³-hybridized carbons (Fsp3) is 0.917. The van der Waals surface area contributed by atoms with Crippen molar-refractivity contribution in [2.75, 3.05) is 40.0 Å². The molecular weight excluding hydrogens is 220 g/mol. The Morgan fingerprint density at radius 1 is 1.59 bits per heavy atom. The van der Waals surface area contributed by atoms with Gasteiger partial charge in [-0.05, 0) is 25.7 Å². The molecule has 17 heavy (non-hydrogen) atoms. The summed E-state index contributed by atoms with van der Waals surface area (Å²) < 4.78 is 10.2. The van der Waals surface area contributed by atoms with E-state index in [0.29, 0.717) is 31.7 Å². The van der Waals surface area contributed by atoms with Crippen LogP contribution in [-0.2, 0) is 14.3 Å². The van der Waals surface area contributed by atoms with Crippen LogP contribution in [0, 0.1) is 5.92 Å². The van der Waals surface area contributed by atoms with Crippen LogP contribution in [0.15, 0.2) is 0 Å². The van der Waals surface area contributed by atoms with E-state index in [0.717, 1.165) is 26.1 Å². The van der Waals surface area contributed by atoms with E-state index in [1.807, 2.05) is 0 Å². The Balaban J connectivity index is 2.02. The molecule has 0 radical (unpaired) electrons. The summed E-state index contributed by atoms with van der Waals surface area (Å²) in [6.07, 6.45) is 1.94. The normalized spacial score (nSPS) is 21.4. The largest absolute Gasteiger partial charge is 0.385 e. The predicted octanol–water partition coefficient (Wildman–Crippen LogP) is 0.154. The molecule has 0 spiro atoms. The summed E-state index contributed by atoms with van der Waals surface area (Å²) in [7, 11) is 1.66. The van der Waals surface area contributed by atoms with E-state index in [1.165, 1.54) is 0 Å². The Kier molecular flexibility index (Phi) is 7.16. The van der Waals surface area contributed by atoms with Crippen LogP contribution in [0.5, 0.6) is 0 Å². The fourth-order valence-corrected chi connectivity index (χ4v) is 1.87. The Morgan fingerprint density at radius 2 is 2.41 bits per heavy atom. The molecule has 0 aromatic heterocycles. The zero-order valence-electron chi connectivity index (χ0n) is 10.8. The molecule has 0 saturated carbocycles. The molecule has 0 bridgehead atoms. The van der Waals surface area contributed by atoms with Crippen molar-refractivity contribution in [2.45, 2.75) is 25.8 Å². The summed E-state index contributed by atoms with van der Waals surface area (Å²) >= 11 is 0. The predicted molar refractivity (Wildman–Crippen MR) is 65.9 cm³/mol. The third-order valence-corrected chi connectivity index (χ3v) is 3.10. The second kappa shape index (κ2) is 8.44. The van der Waals surface area contributed by atoms with E-state index in [4.69, 9.17) is 9.47 Å². The van der Waals surface area contributed by atoms with Gasteiger partial charge >= 0.3 is 0 Å². The number of ether oxygens (including phenoxy) is 2. The number of hydrogen-bond donors (Lipinski definition) is 2. The molecule has 1 saturated heterocycles. The molecule has 1 rings (SSSR count). The Bertz CT molecular complexity index is 218. The first kappa shape index (κ1) is 14.4. The zero-order valence-corrected chi connectivity index (χ0v) is 10.8. The molecule has 5 heteroatoms. The molecule has 2 atom stereocenters. The molecule has 0 aliphatic carbocycles. The fourth-order valence-electron chi connectivity index (χ4n) is 1.87. The SMILES string of the molecule is COCCCNC(=O)CNC(C)C1CCOC1. The van der Waals surface area contributed by atoms with Crippen LogP contribution in [0.2, 0.25) is 0 Å². The summed E-state index contributed by atoms with van der Waals surface area (Å²) in [5.41, 5.74) is 0. The van der Waals surface area contributed by atoms with Gasteiger partial charge in [-0.1, -0.05) is 0 Å². The van der Waals surface area contributed by atoms with E-state index in [9.17, 15) is 4.79 Å². The van der Waals surface area contributed by atoms with Crippen molar-refractivity contribution < 1.29 is 14.3 Å². The van der Waals surface area contributed by atoms with E-state index in [-0.39, 0.29) is 5.91 Å². The molecule has 1 aliphatic rings. The highest BCUT2D eigenvalue weighted by atomic mass is 16.5. The number of methoxy groups -OCH3 is 1. The maximum absolute atomic E-state index is 11.5. The summed E-state index contributed by atoms with van der Waals surface area (Å²) in [4.78, 5) is 11.5. The third kappa shape index (κ3) is 6.00. The van der Waals surface area contributed by atoms with Gasteiger partial charge in [-0.25, -0.2) is 0 Å². The van der Waals surface area contributed by atoms with Crippen LogP contribution < -0.4 is 10.6 Å². The van der Waals surface area contributed by atoms with Crippen LogP contribution in [0.1, 0.15) is 19.8 Å². The number of nitrogens with one attached hydrogen (secondary N) is 2. The summed E-state index contributed by atoms with van der Waals surface area (Å²) in [6.45, 7) is 5.50. The minimum atomic E-state index is 0.0480. The standard InChI is InChI=1S/C12H24N2O3/c1-10(11-4-7-17-9-11)14-8-12(15)13-5-3-6-16-2/h10-11,14H,3-9H2,1-2H3,(H,13,15). The monoisotopic (exact) mass is 244 g/mol. The Hall–Kier alpha value is -0.650. The molecule has 0 aromatic rings. The van der Waals surface area contributed by atoms with Gasteiger partial charge in [0.1, 0.15) is 0 Å². The van der Waals surface area contributed by atoms with Gasteiger partial charge in [-0.15, -0.1) is 0 Å². The lowest BCUT2D eigenvalue weighted by Crippen LogP contribution is -2.41. The lowest BCUT2D eigenvalue weighted by atomic mass is 10.0. The van der Waals surface area contributed by atoms with Gasteiger partial charge in [0.25, 0.3) is 0 Å². The summed E-state index contributed by atoms with van der Waals surface area (Å²) in [5, 5.41) is 6.09. The van der Waals surface area contributed by atoms with Crippen LogP contribution in [-0.4, -0.2) is 52.0 Å². The minimum Gasteiger partial charge on any atom is -0.385 e. The topological polar surface area (TPSA) is 59.6 Å². The van der Waals surface area contributed by atoms with Crippen molar-refractivity contribution in [2.24, 2.45) is 5.92 Å². The number of rotatable bonds is 8. The van der Waals surface area contributed by atoms with E-state index < -0.39 is 0 Å². The highest BCUT2D eigenvalue weighted by Gasteiger charge is 2.22. The zero-order chi connectivity index (χ0) is 12.5. The van der Waals surface area contributed by atoms with Gasteiger partial charge in [0.05, 0.1) is 13.2 Å². The number of amides is 1. The molecule has 2 unspecified atom stereocenters. The second-order valence-corrected chi connectivity index (χ2v) is 4.49. The molecule has 5 nitrogen and oxygen atoms in total. The first-order valence-corrected chi connectivity index (χ1v) is 6.30. The molecule has 2 N–H and O–H groups in total. The number of carbonyl (C=O) groups excluding carboxylic acids is 1. The highest BCUT2D eigenvalue weighted by molar-refractivity contribution is 5.77. The van der Waals surface area contributed by atoms with Gasteiger partial charge in [-0.2, -0.15) is 0 Å². The van der Waals surface area contributed by atoms with Crippen LogP contribution >= 0.6 is 0 Å². The summed E-state index contributed by atoms with van der Waals surface area (Å²) in [5.74, 6) is 0.586. The van der Waals surface area contributed by atoms with Crippen molar-refractivity contribution in [3.8, 4) is 0 Å². The maximum atomic E-state index is 11.5. The molecule has 1 aliphatic heterocycles. The van der Waals surface area contributed by atoms with Crippen molar-refractivity contribution in [1.82, 2.24) is 10.6 Å². The van der Waals surface area contributed by atoms with E-state index >= 15 is 0 Å². The van der Waals surface area contributed by atoms with Gasteiger partial charge < -0.3 is 20.1 Å². The van der Waals surface area contributed by atoms with E-state index in [1.54, 1.807) is 7.11 Å². The molecule has 100 valence electrons. The van der Waals surface area contributed by atoms with Gasteiger partial charge in [0, 0.05) is 32.9 Å². The number of hydrogen-bond acceptors (Lipinski definition) is 4. The molecular formula is C12H24N2O3. The molecule has 1 amide bonds. The molecule has 1 fully saturated rings. The minimum absolute atomic E-state index is 0.0480. The first-order chi connectivity index (χ1) is 8.24. The quantitative estimate of drug-likeness (QED) is 0.597. The lowest BCUT2D eigenvalue weighted by Gasteiger charge is -2.18. The average molecular weight is 244 g/mol. The van der Waals surface area contributed by atoms with Crippen LogP contribution in [0.3, 0.4) is 0 Å². The maximum Gasteiger partial charge on any atom is 0.233 e. The van der Waals surface area contributed by atoms with Gasteiger partial charge in [0.2, 0.25) is 5.91 Å². The lowest BCUT2D eigenvalue weighted by molar-refractivity contribution is -0.120. The smallest absolute Gasteiger partial charge is 0.233 e. The van der Waals surface area contributed by atoms with Gasteiger partial charge in [-0.3, -0.25) is 4.79 Å². The van der Waals surface area contributed by atoms with Gasteiger partial charge in [0.15, 0.2) is 0 Å². The van der Waals surface area contributed by atoms with Crippen molar-refractivity contribution in [3.63, 3.8) is 0 Å². The van der Waals surface area contributed by atoms with Crippen molar-refractivity contribution in [1.29, 1.82) is 0 Å².